The molecule has 1 heterocycles. The van der Waals surface area contributed by atoms with Crippen molar-refractivity contribution in [1.82, 2.24) is 14.9 Å². The van der Waals surface area contributed by atoms with E-state index in [0.29, 0.717) is 29.7 Å². The van der Waals surface area contributed by atoms with Gasteiger partial charge in [0, 0.05) is 6.54 Å². The van der Waals surface area contributed by atoms with Gasteiger partial charge in [0.25, 0.3) is 11.5 Å². The van der Waals surface area contributed by atoms with Crippen LogP contribution in [-0.2, 0) is 16.4 Å². The number of aromatic nitrogens is 2. The molecule has 0 fully saturated rings. The lowest BCUT2D eigenvalue weighted by atomic mass is 10.2. The molecule has 29 heavy (non-hydrogen) atoms. The first-order chi connectivity index (χ1) is 13.9. The third-order valence-electron chi connectivity index (χ3n) is 4.60. The van der Waals surface area contributed by atoms with E-state index in [1.54, 1.807) is 50.2 Å². The number of H-pyrrole nitrogens is 1. The summed E-state index contributed by atoms with van der Waals surface area (Å²) < 4.78 is 25.2. The molecule has 0 aliphatic rings. The van der Waals surface area contributed by atoms with Gasteiger partial charge in [0.05, 0.1) is 33.7 Å². The van der Waals surface area contributed by atoms with E-state index in [1.807, 2.05) is 0 Å². The van der Waals surface area contributed by atoms with Crippen LogP contribution in [0.5, 0.6) is 0 Å². The van der Waals surface area contributed by atoms with Crippen molar-refractivity contribution in [3.63, 3.8) is 0 Å². The fourth-order valence-corrected chi connectivity index (χ4v) is 4.71. The lowest BCUT2D eigenvalue weighted by Crippen LogP contribution is -2.33. The van der Waals surface area contributed by atoms with Crippen LogP contribution in [0.1, 0.15) is 36.5 Å². The van der Waals surface area contributed by atoms with Crippen molar-refractivity contribution in [3.05, 3.63) is 70.3 Å². The molecule has 0 aliphatic carbocycles. The first-order valence-electron chi connectivity index (χ1n) is 9.46. The fraction of sp³-hybridized carbons (Fsp3) is 0.286. The van der Waals surface area contributed by atoms with Crippen LogP contribution >= 0.6 is 0 Å². The number of nitrogens with one attached hydrogen (secondary N) is 1. The lowest BCUT2D eigenvalue weighted by Gasteiger charge is -2.22. The largest absolute Gasteiger partial charge is 0.331 e. The summed E-state index contributed by atoms with van der Waals surface area (Å²) in [5, 5.41) is 0.474. The maximum atomic E-state index is 13.1. The molecule has 0 radical (unpaired) electrons. The van der Waals surface area contributed by atoms with Gasteiger partial charge in [-0.2, -0.15) is 0 Å². The number of carbonyl (C=O) groups excluding carboxylic acids is 1. The third kappa shape index (κ3) is 4.37. The number of fused-ring (bicyclic) bond motifs is 1. The molecule has 0 unspecified atom stereocenters. The molecule has 8 heteroatoms. The molecule has 152 valence electrons. The van der Waals surface area contributed by atoms with Crippen LogP contribution in [-0.4, -0.2) is 41.5 Å². The quantitative estimate of drug-likeness (QED) is 0.642. The average Bonchev–Trinajstić information content (AvgIpc) is 2.71. The molecule has 1 aromatic heterocycles. The zero-order valence-corrected chi connectivity index (χ0v) is 17.2. The van der Waals surface area contributed by atoms with Crippen LogP contribution < -0.4 is 5.56 Å². The summed E-state index contributed by atoms with van der Waals surface area (Å²) in [6.07, 6.45) is 0.463. The van der Waals surface area contributed by atoms with Gasteiger partial charge in [0.1, 0.15) is 5.82 Å². The summed E-state index contributed by atoms with van der Waals surface area (Å²) in [5.41, 5.74) is 0.395. The second-order valence-corrected chi connectivity index (χ2v) is 8.74. The van der Waals surface area contributed by atoms with Crippen molar-refractivity contribution in [2.45, 2.75) is 31.7 Å². The van der Waals surface area contributed by atoms with Crippen LogP contribution in [0.25, 0.3) is 10.9 Å². The Hall–Kier alpha value is -3.00. The maximum Gasteiger partial charge on any atom is 0.258 e. The van der Waals surface area contributed by atoms with Gasteiger partial charge in [-0.25, -0.2) is 13.4 Å². The van der Waals surface area contributed by atoms with Crippen LogP contribution in [0.4, 0.5) is 0 Å². The first kappa shape index (κ1) is 20.7. The number of benzene rings is 2. The number of para-hydroxylation sites is 1. The van der Waals surface area contributed by atoms with Crippen LogP contribution in [0.15, 0.2) is 58.2 Å². The SMILES string of the molecule is CCCS(=O)(=O)c1ccccc1C(=O)N(CC)Cc1nc2ccccc2c(=O)[nH]1. The minimum absolute atomic E-state index is 0.0248. The Morgan fingerprint density at radius 2 is 1.76 bits per heavy atom. The maximum absolute atomic E-state index is 13.1. The molecule has 0 saturated carbocycles. The van der Waals surface area contributed by atoms with Gasteiger partial charge in [0.15, 0.2) is 9.84 Å². The van der Waals surface area contributed by atoms with Crippen molar-refractivity contribution in [2.75, 3.05) is 12.3 Å². The Bertz CT molecular complexity index is 1200. The highest BCUT2D eigenvalue weighted by Gasteiger charge is 2.25. The van der Waals surface area contributed by atoms with Gasteiger partial charge in [0.2, 0.25) is 0 Å². The van der Waals surface area contributed by atoms with E-state index in [0.717, 1.165) is 0 Å². The zero-order chi connectivity index (χ0) is 21.0. The molecule has 2 aromatic carbocycles. The van der Waals surface area contributed by atoms with Crippen LogP contribution in [0.2, 0.25) is 0 Å². The highest BCUT2D eigenvalue weighted by atomic mass is 32.2. The van der Waals surface area contributed by atoms with Gasteiger partial charge in [-0.1, -0.05) is 31.2 Å². The predicted octanol–water partition coefficient (Wildman–Crippen LogP) is 2.77. The Kier molecular flexibility index (Phi) is 6.12. The van der Waals surface area contributed by atoms with E-state index in [1.165, 1.54) is 17.0 Å². The molecule has 0 bridgehead atoms. The highest BCUT2D eigenvalue weighted by molar-refractivity contribution is 7.91. The molecule has 0 saturated heterocycles. The van der Waals surface area contributed by atoms with Crippen molar-refractivity contribution in [2.24, 2.45) is 0 Å². The number of aromatic amines is 1. The molecule has 1 amide bonds. The van der Waals surface area contributed by atoms with Gasteiger partial charge in [-0.3, -0.25) is 9.59 Å². The van der Waals surface area contributed by atoms with Crippen LogP contribution in [0, 0.1) is 0 Å². The van der Waals surface area contributed by atoms with Gasteiger partial charge in [-0.15, -0.1) is 0 Å². The second kappa shape index (κ2) is 8.57. The molecular formula is C21H23N3O4S. The average molecular weight is 413 g/mol. The van der Waals surface area contributed by atoms with Crippen LogP contribution in [0.3, 0.4) is 0 Å². The van der Waals surface area contributed by atoms with E-state index >= 15 is 0 Å². The van der Waals surface area contributed by atoms with E-state index in [-0.39, 0.29) is 28.3 Å². The highest BCUT2D eigenvalue weighted by Crippen LogP contribution is 2.20. The normalized spacial score (nSPS) is 11.5. The number of hydrogen-bond acceptors (Lipinski definition) is 5. The number of sulfone groups is 1. The predicted molar refractivity (Wildman–Crippen MR) is 112 cm³/mol. The topological polar surface area (TPSA) is 100 Å². The molecule has 1 N–H and O–H groups in total. The van der Waals surface area contributed by atoms with Gasteiger partial charge in [-0.05, 0) is 37.6 Å². The summed E-state index contributed by atoms with van der Waals surface area (Å²) in [7, 11) is -3.56. The minimum Gasteiger partial charge on any atom is -0.331 e. The van der Waals surface area contributed by atoms with E-state index in [4.69, 9.17) is 0 Å². The zero-order valence-electron chi connectivity index (χ0n) is 16.4. The Labute approximate surface area is 169 Å². The third-order valence-corrected chi connectivity index (χ3v) is 6.57. The summed E-state index contributed by atoms with van der Waals surface area (Å²) in [4.78, 5) is 34.1. The molecule has 0 atom stereocenters. The molecular weight excluding hydrogens is 390 g/mol. The smallest absolute Gasteiger partial charge is 0.258 e. The summed E-state index contributed by atoms with van der Waals surface area (Å²) in [6, 6.07) is 13.2. The minimum atomic E-state index is -3.56. The first-order valence-corrected chi connectivity index (χ1v) is 11.1. The molecule has 3 rings (SSSR count). The van der Waals surface area contributed by atoms with Crippen molar-refractivity contribution in [1.29, 1.82) is 0 Å². The molecule has 7 nitrogen and oxygen atoms in total. The van der Waals surface area contributed by atoms with Gasteiger partial charge < -0.3 is 9.88 Å². The number of amides is 1. The van der Waals surface area contributed by atoms with Gasteiger partial charge >= 0.3 is 0 Å². The van der Waals surface area contributed by atoms with Crippen molar-refractivity contribution in [3.8, 4) is 0 Å². The Balaban J connectivity index is 1.96. The second-order valence-electron chi connectivity index (χ2n) is 6.66. The van der Waals surface area contributed by atoms with E-state index in [2.05, 4.69) is 9.97 Å². The fourth-order valence-electron chi connectivity index (χ4n) is 3.18. The molecule has 3 aromatic rings. The summed E-state index contributed by atoms with van der Waals surface area (Å²) >= 11 is 0. The number of hydrogen-bond donors (Lipinski definition) is 1. The van der Waals surface area contributed by atoms with E-state index in [9.17, 15) is 18.0 Å². The lowest BCUT2D eigenvalue weighted by molar-refractivity contribution is 0.0744. The van der Waals surface area contributed by atoms with Crippen molar-refractivity contribution >= 4 is 26.6 Å². The van der Waals surface area contributed by atoms with Crippen molar-refractivity contribution < 1.29 is 13.2 Å². The summed E-state index contributed by atoms with van der Waals surface area (Å²) in [6.45, 7) is 3.97. The summed E-state index contributed by atoms with van der Waals surface area (Å²) in [5.74, 6) is -0.0976. The Morgan fingerprint density at radius 3 is 2.48 bits per heavy atom. The number of nitrogens with zero attached hydrogens (tertiary/aromatic N) is 2. The standard InChI is InChI=1S/C21H23N3O4S/c1-3-13-29(27,28)18-12-8-6-10-16(18)21(26)24(4-2)14-19-22-17-11-7-5-9-15(17)20(25)23-19/h5-12H,3-4,13-14H2,1-2H3,(H,22,23,25). The monoisotopic (exact) mass is 413 g/mol. The molecule has 0 aliphatic heterocycles. The molecule has 0 spiro atoms. The number of rotatable bonds is 7. The Morgan fingerprint density at radius 1 is 1.07 bits per heavy atom. The number of carbonyl (C=O) groups is 1. The van der Waals surface area contributed by atoms with E-state index < -0.39 is 15.7 Å².